The van der Waals surface area contributed by atoms with Gasteiger partial charge < -0.3 is 19.9 Å². The number of anilines is 2. The van der Waals surface area contributed by atoms with Gasteiger partial charge in [0.25, 0.3) is 10.2 Å². The maximum absolute atomic E-state index is 13.2. The first-order valence-electron chi connectivity index (χ1n) is 17.8. The van der Waals surface area contributed by atoms with Crippen LogP contribution in [-0.2, 0) is 29.7 Å². The molecule has 1 aromatic carbocycles. The molecule has 4 aromatic rings. The molecule has 0 bridgehead atoms. The number of halogens is 3. The number of aryl methyl sites for hydroxylation is 1. The number of hydrogen-bond acceptors (Lipinski definition) is 11. The van der Waals surface area contributed by atoms with Crippen LogP contribution in [0.5, 0.6) is 0 Å². The van der Waals surface area contributed by atoms with E-state index >= 15 is 0 Å². The van der Waals surface area contributed by atoms with Crippen LogP contribution in [0.1, 0.15) is 41.5 Å². The van der Waals surface area contributed by atoms with Crippen molar-refractivity contribution in [3.8, 4) is 6.07 Å². The highest BCUT2D eigenvalue weighted by atomic mass is 32.2. The summed E-state index contributed by atoms with van der Waals surface area (Å²) < 4.78 is 70.1. The van der Waals surface area contributed by atoms with Crippen molar-refractivity contribution in [2.75, 3.05) is 70.1 Å². The topological polar surface area (TPSA) is 146 Å². The summed E-state index contributed by atoms with van der Waals surface area (Å²) in [5.74, 6) is 0.743. The predicted octanol–water partition coefficient (Wildman–Crippen LogP) is 3.86. The van der Waals surface area contributed by atoms with Crippen LogP contribution >= 0.6 is 11.3 Å². The Bertz CT molecular complexity index is 2160. The van der Waals surface area contributed by atoms with Gasteiger partial charge in [0.15, 0.2) is 0 Å². The van der Waals surface area contributed by atoms with Crippen molar-refractivity contribution in [1.82, 2.24) is 33.4 Å². The zero-order chi connectivity index (χ0) is 37.9. The molecule has 6 heterocycles. The highest BCUT2D eigenvalue weighted by Crippen LogP contribution is 2.46. The number of aromatic nitrogens is 3. The average Bonchev–Trinajstić information content (AvgIpc) is 3.88. The molecular weight excluding hydrogens is 730 g/mol. The molecule has 0 saturated carbocycles. The first kappa shape index (κ1) is 37.7. The SMILES string of the molecule is CNc1nc(N2CC3(CCN(Cc4ccc5c(cc(C#N)n5C[C@H](C)N5CCN(S(=O)(=O)NC)CC5)c4C)C3)CC2O)c2cc(CC(F)(F)F)sc2n1. The molecule has 7 rings (SSSR count). The number of aliphatic hydroxyl groups is 1. The van der Waals surface area contributed by atoms with Crippen LogP contribution < -0.4 is 14.9 Å². The second-order valence-corrected chi connectivity index (χ2v) is 17.6. The third kappa shape index (κ3) is 7.44. The Morgan fingerprint density at radius 3 is 2.55 bits per heavy atom. The number of piperazine rings is 1. The number of fused-ring (bicyclic) bond motifs is 2. The summed E-state index contributed by atoms with van der Waals surface area (Å²) in [6, 6.07) is 10.2. The summed E-state index contributed by atoms with van der Waals surface area (Å²) in [4.78, 5) is 16.1. The van der Waals surface area contributed by atoms with E-state index in [0.717, 1.165) is 52.9 Å². The second kappa shape index (κ2) is 14.3. The number of nitrogens with zero attached hydrogens (tertiary/aromatic N) is 8. The highest BCUT2D eigenvalue weighted by Gasteiger charge is 2.48. The third-order valence-electron chi connectivity index (χ3n) is 11.2. The van der Waals surface area contributed by atoms with Gasteiger partial charge in [0.05, 0.1) is 11.8 Å². The lowest BCUT2D eigenvalue weighted by molar-refractivity contribution is -0.126. The van der Waals surface area contributed by atoms with E-state index in [1.54, 1.807) is 7.05 Å². The Balaban J connectivity index is 1.05. The number of hydrogen-bond donors (Lipinski definition) is 3. The van der Waals surface area contributed by atoms with Gasteiger partial charge in [0.1, 0.15) is 28.6 Å². The Hall–Kier alpha value is -3.57. The Morgan fingerprint density at radius 1 is 1.11 bits per heavy atom. The van der Waals surface area contributed by atoms with Gasteiger partial charge in [-0.1, -0.05) is 6.07 Å². The van der Waals surface area contributed by atoms with Crippen LogP contribution in [0.25, 0.3) is 21.1 Å². The van der Waals surface area contributed by atoms with Gasteiger partial charge in [-0.3, -0.25) is 9.80 Å². The maximum atomic E-state index is 13.2. The maximum Gasteiger partial charge on any atom is 0.393 e. The van der Waals surface area contributed by atoms with E-state index in [-0.39, 0.29) is 16.3 Å². The van der Waals surface area contributed by atoms with Crippen LogP contribution in [0.3, 0.4) is 0 Å². The molecular formula is C35H45F3N10O3S2. The highest BCUT2D eigenvalue weighted by molar-refractivity contribution is 7.87. The van der Waals surface area contributed by atoms with Gasteiger partial charge in [-0.15, -0.1) is 11.3 Å². The fraction of sp³-hybridized carbons (Fsp3) is 0.571. The number of rotatable bonds is 10. The standard InChI is InChI=1S/C35H45F3N10O3S2/c1-22(45-9-11-46(12-10-45)53(50,51)41-4)18-47-25(17-39)13-27-23(2)24(5-6-29(27)47)19-44-8-7-34(20-44)16-30(49)48(21-34)31-28-14-26(15-35(36,37)38)52-32(28)43-33(40-3)42-31/h5-6,13-14,22,30,41,49H,7-12,15-16,18-21H2,1-4H3,(H,40,42,43)/t22-,30?,34?/m0/s1. The second-order valence-electron chi connectivity index (χ2n) is 14.6. The van der Waals surface area contributed by atoms with Crippen molar-refractivity contribution >= 4 is 54.4 Å². The molecule has 3 fully saturated rings. The lowest BCUT2D eigenvalue weighted by atomic mass is 9.86. The predicted molar refractivity (Wildman–Crippen MR) is 199 cm³/mol. The first-order valence-corrected chi connectivity index (χ1v) is 20.0. The normalized spacial score (nSPS) is 22.8. The van der Waals surface area contributed by atoms with E-state index < -0.39 is 29.0 Å². The summed E-state index contributed by atoms with van der Waals surface area (Å²) in [5, 5.41) is 25.9. The Labute approximate surface area is 311 Å². The van der Waals surface area contributed by atoms with Crippen LogP contribution in [0.4, 0.5) is 24.9 Å². The number of nitriles is 1. The van der Waals surface area contributed by atoms with Crippen molar-refractivity contribution in [3.63, 3.8) is 0 Å². The number of likely N-dealkylation sites (tertiary alicyclic amines) is 1. The smallest absolute Gasteiger partial charge is 0.374 e. The lowest BCUT2D eigenvalue weighted by Gasteiger charge is -2.37. The average molecular weight is 775 g/mol. The van der Waals surface area contributed by atoms with Gasteiger partial charge >= 0.3 is 6.18 Å². The summed E-state index contributed by atoms with van der Waals surface area (Å²) in [5.41, 5.74) is 3.63. The van der Waals surface area contributed by atoms with E-state index in [1.807, 2.05) is 11.0 Å². The van der Waals surface area contributed by atoms with Gasteiger partial charge in [0.2, 0.25) is 5.95 Å². The molecule has 1 spiro atoms. The summed E-state index contributed by atoms with van der Waals surface area (Å²) >= 11 is 0.999. The summed E-state index contributed by atoms with van der Waals surface area (Å²) in [6.07, 6.45) is -4.83. The molecule has 286 valence electrons. The Morgan fingerprint density at radius 2 is 1.87 bits per heavy atom. The van der Waals surface area contributed by atoms with Crippen molar-refractivity contribution in [2.45, 2.75) is 64.6 Å². The van der Waals surface area contributed by atoms with Crippen molar-refractivity contribution in [3.05, 3.63) is 46.0 Å². The van der Waals surface area contributed by atoms with Gasteiger partial charge in [-0.05, 0) is 56.1 Å². The molecule has 3 aliphatic rings. The van der Waals surface area contributed by atoms with Crippen molar-refractivity contribution in [1.29, 1.82) is 5.26 Å². The molecule has 0 amide bonds. The van der Waals surface area contributed by atoms with Crippen molar-refractivity contribution < 1.29 is 26.7 Å². The van der Waals surface area contributed by atoms with E-state index in [4.69, 9.17) is 0 Å². The molecule has 0 radical (unpaired) electrons. The monoisotopic (exact) mass is 774 g/mol. The van der Waals surface area contributed by atoms with E-state index in [2.05, 4.69) is 66.4 Å². The van der Waals surface area contributed by atoms with Gasteiger partial charge in [0, 0.05) is 100 Å². The lowest BCUT2D eigenvalue weighted by Crippen LogP contribution is -2.54. The minimum atomic E-state index is -4.34. The number of nitrogens with one attached hydrogen (secondary N) is 2. The van der Waals surface area contributed by atoms with Gasteiger partial charge in [-0.2, -0.15) is 36.1 Å². The molecule has 3 N–H and O–H groups in total. The van der Waals surface area contributed by atoms with E-state index in [0.29, 0.717) is 79.9 Å². The Kier molecular flexibility index (Phi) is 10.1. The largest absolute Gasteiger partial charge is 0.393 e. The number of aliphatic hydroxyl groups excluding tert-OH is 1. The minimum Gasteiger partial charge on any atom is -0.374 e. The molecule has 3 atom stereocenters. The summed E-state index contributed by atoms with van der Waals surface area (Å²) in [6.45, 7) is 9.64. The van der Waals surface area contributed by atoms with Crippen LogP contribution in [0.15, 0.2) is 24.3 Å². The zero-order valence-electron chi connectivity index (χ0n) is 30.2. The molecule has 3 aromatic heterocycles. The first-order chi connectivity index (χ1) is 25.1. The van der Waals surface area contributed by atoms with Crippen LogP contribution in [0.2, 0.25) is 0 Å². The summed E-state index contributed by atoms with van der Waals surface area (Å²) in [7, 11) is -0.377. The molecule has 13 nitrogen and oxygen atoms in total. The minimum absolute atomic E-state index is 0.0872. The fourth-order valence-corrected chi connectivity index (χ4v) is 10.3. The molecule has 0 aliphatic carbocycles. The van der Waals surface area contributed by atoms with E-state index in [9.17, 15) is 32.0 Å². The number of benzene rings is 1. The van der Waals surface area contributed by atoms with Crippen LogP contribution in [0, 0.1) is 23.7 Å². The molecule has 18 heteroatoms. The fourth-order valence-electron chi connectivity index (χ4n) is 8.39. The van der Waals surface area contributed by atoms with E-state index in [1.165, 1.54) is 17.4 Å². The number of alkyl halides is 3. The third-order valence-corrected chi connectivity index (χ3v) is 13.8. The molecule has 3 aliphatic heterocycles. The van der Waals surface area contributed by atoms with Crippen molar-refractivity contribution in [2.24, 2.45) is 5.41 Å². The zero-order valence-corrected chi connectivity index (χ0v) is 31.9. The van der Waals surface area contributed by atoms with Gasteiger partial charge in [-0.25, -0.2) is 9.71 Å². The quantitative estimate of drug-likeness (QED) is 0.217. The van der Waals surface area contributed by atoms with Crippen LogP contribution in [-0.4, -0.2) is 121 Å². The molecule has 3 saturated heterocycles. The number of thiophene rings is 1. The molecule has 2 unspecified atom stereocenters. The molecule has 53 heavy (non-hydrogen) atoms.